The third kappa shape index (κ3) is 2.76. The average molecular weight is 249 g/mol. The van der Waals surface area contributed by atoms with E-state index in [2.05, 4.69) is 36.4 Å². The fourth-order valence-electron chi connectivity index (χ4n) is 1.90. The van der Waals surface area contributed by atoms with Crippen LogP contribution in [0.1, 0.15) is 27.1 Å². The second kappa shape index (κ2) is 5.02. The Morgan fingerprint density at radius 2 is 2.24 bits per heavy atom. The monoisotopic (exact) mass is 249 g/mol. The molecule has 0 radical (unpaired) electrons. The first kappa shape index (κ1) is 12.3. The quantitative estimate of drug-likeness (QED) is 0.902. The van der Waals surface area contributed by atoms with Crippen LogP contribution in [0, 0.1) is 13.8 Å². The van der Waals surface area contributed by atoms with Gasteiger partial charge in [0.05, 0.1) is 5.69 Å². The predicted molar refractivity (Wildman–Crippen MR) is 72.5 cm³/mol. The van der Waals surface area contributed by atoms with Crippen LogP contribution in [0.15, 0.2) is 18.3 Å². The van der Waals surface area contributed by atoms with Gasteiger partial charge in [-0.25, -0.2) is 0 Å². The van der Waals surface area contributed by atoms with Gasteiger partial charge in [0.2, 0.25) is 0 Å². The lowest BCUT2D eigenvalue weighted by molar-refractivity contribution is 0.586. The molecule has 4 heteroatoms. The Labute approximate surface area is 106 Å². The van der Waals surface area contributed by atoms with Crippen molar-refractivity contribution in [3.8, 4) is 0 Å². The van der Waals surface area contributed by atoms with Gasteiger partial charge in [0.1, 0.15) is 0 Å². The van der Waals surface area contributed by atoms with Crippen LogP contribution < -0.4 is 5.32 Å². The molecule has 0 bridgehead atoms. The van der Waals surface area contributed by atoms with Crippen LogP contribution in [-0.2, 0) is 13.5 Å². The van der Waals surface area contributed by atoms with Crippen molar-refractivity contribution in [3.63, 3.8) is 0 Å². The van der Waals surface area contributed by atoms with Gasteiger partial charge in [0.15, 0.2) is 0 Å². The zero-order chi connectivity index (χ0) is 12.4. The minimum atomic E-state index is 0.363. The van der Waals surface area contributed by atoms with Crippen molar-refractivity contribution in [2.75, 3.05) is 7.05 Å². The topological polar surface area (TPSA) is 29.9 Å². The summed E-state index contributed by atoms with van der Waals surface area (Å²) in [5.41, 5.74) is 2.52. The minimum absolute atomic E-state index is 0.363. The van der Waals surface area contributed by atoms with E-state index in [0.717, 1.165) is 12.1 Å². The lowest BCUT2D eigenvalue weighted by Gasteiger charge is -2.12. The van der Waals surface area contributed by atoms with Gasteiger partial charge in [-0.3, -0.25) is 4.68 Å². The maximum atomic E-state index is 4.43. The van der Waals surface area contributed by atoms with Crippen LogP contribution in [0.25, 0.3) is 0 Å². The van der Waals surface area contributed by atoms with E-state index in [1.165, 1.54) is 15.3 Å². The summed E-state index contributed by atoms with van der Waals surface area (Å²) in [5.74, 6) is 0. The van der Waals surface area contributed by atoms with E-state index in [0.29, 0.717) is 6.04 Å². The SMILES string of the molecule is CNC(Cc1ccn(C)n1)c1cc(C)c(C)s1. The Bertz CT molecular complexity index is 479. The molecule has 0 aliphatic rings. The van der Waals surface area contributed by atoms with E-state index in [-0.39, 0.29) is 0 Å². The molecule has 3 nitrogen and oxygen atoms in total. The minimum Gasteiger partial charge on any atom is -0.312 e. The van der Waals surface area contributed by atoms with Crippen molar-refractivity contribution in [1.29, 1.82) is 0 Å². The van der Waals surface area contributed by atoms with Gasteiger partial charge >= 0.3 is 0 Å². The standard InChI is InChI=1S/C13H19N3S/c1-9-7-13(17-10(9)2)12(14-3)8-11-5-6-16(4)15-11/h5-7,12,14H,8H2,1-4H3. The maximum Gasteiger partial charge on any atom is 0.0643 e. The summed E-state index contributed by atoms with van der Waals surface area (Å²) in [4.78, 5) is 2.80. The molecule has 0 fully saturated rings. The molecule has 1 unspecified atom stereocenters. The number of likely N-dealkylation sites (N-methyl/N-ethyl adjacent to an activating group) is 1. The second-order valence-corrected chi connectivity index (χ2v) is 5.70. The van der Waals surface area contributed by atoms with Gasteiger partial charge in [-0.2, -0.15) is 5.10 Å². The number of thiophene rings is 1. The first-order valence-electron chi connectivity index (χ1n) is 5.83. The van der Waals surface area contributed by atoms with E-state index < -0.39 is 0 Å². The van der Waals surface area contributed by atoms with E-state index in [1.807, 2.05) is 36.3 Å². The van der Waals surface area contributed by atoms with Gasteiger partial charge in [0.25, 0.3) is 0 Å². The normalized spacial score (nSPS) is 12.9. The van der Waals surface area contributed by atoms with Crippen molar-refractivity contribution in [3.05, 3.63) is 39.3 Å². The van der Waals surface area contributed by atoms with Crippen LogP contribution in [0.5, 0.6) is 0 Å². The Kier molecular flexibility index (Phi) is 3.64. The van der Waals surface area contributed by atoms with Gasteiger partial charge < -0.3 is 5.32 Å². The first-order chi connectivity index (χ1) is 8.10. The Morgan fingerprint density at radius 3 is 2.71 bits per heavy atom. The lowest BCUT2D eigenvalue weighted by atomic mass is 10.1. The molecule has 0 aliphatic carbocycles. The average Bonchev–Trinajstić information content (AvgIpc) is 2.83. The van der Waals surface area contributed by atoms with E-state index >= 15 is 0 Å². The van der Waals surface area contributed by atoms with Gasteiger partial charge in [-0.15, -0.1) is 11.3 Å². The van der Waals surface area contributed by atoms with E-state index in [1.54, 1.807) is 0 Å². The predicted octanol–water partition coefficient (Wildman–Crippen LogP) is 2.60. The highest BCUT2D eigenvalue weighted by Gasteiger charge is 2.14. The molecule has 1 N–H and O–H groups in total. The molecule has 2 aromatic heterocycles. The van der Waals surface area contributed by atoms with E-state index in [4.69, 9.17) is 0 Å². The number of nitrogens with zero attached hydrogens (tertiary/aromatic N) is 2. The zero-order valence-electron chi connectivity index (χ0n) is 10.8. The Balaban J connectivity index is 2.16. The molecule has 2 heterocycles. The van der Waals surface area contributed by atoms with Gasteiger partial charge in [-0.1, -0.05) is 0 Å². The molecule has 17 heavy (non-hydrogen) atoms. The summed E-state index contributed by atoms with van der Waals surface area (Å²) in [7, 11) is 3.97. The number of aromatic nitrogens is 2. The molecular formula is C13H19N3S. The van der Waals surface area contributed by atoms with Gasteiger partial charge in [-0.05, 0) is 38.6 Å². The second-order valence-electron chi connectivity index (χ2n) is 4.41. The molecule has 92 valence electrons. The van der Waals surface area contributed by atoms with Crippen molar-refractivity contribution < 1.29 is 0 Å². The fraction of sp³-hybridized carbons (Fsp3) is 0.462. The highest BCUT2D eigenvalue weighted by molar-refractivity contribution is 7.12. The molecule has 0 saturated carbocycles. The van der Waals surface area contributed by atoms with Crippen LogP contribution in [-0.4, -0.2) is 16.8 Å². The molecule has 0 aliphatic heterocycles. The highest BCUT2D eigenvalue weighted by Crippen LogP contribution is 2.28. The summed E-state index contributed by atoms with van der Waals surface area (Å²) in [6.45, 7) is 4.35. The third-order valence-electron chi connectivity index (χ3n) is 3.06. The van der Waals surface area contributed by atoms with Crippen LogP contribution >= 0.6 is 11.3 Å². The summed E-state index contributed by atoms with van der Waals surface area (Å²) >= 11 is 1.88. The molecule has 0 spiro atoms. The summed E-state index contributed by atoms with van der Waals surface area (Å²) < 4.78 is 1.85. The molecule has 2 aromatic rings. The Hall–Kier alpha value is -1.13. The number of hydrogen-bond donors (Lipinski definition) is 1. The third-order valence-corrected chi connectivity index (χ3v) is 4.33. The van der Waals surface area contributed by atoms with Crippen LogP contribution in [0.3, 0.4) is 0 Å². The maximum absolute atomic E-state index is 4.43. The van der Waals surface area contributed by atoms with Crippen LogP contribution in [0.4, 0.5) is 0 Å². The number of aryl methyl sites for hydroxylation is 3. The van der Waals surface area contributed by atoms with E-state index in [9.17, 15) is 0 Å². The molecule has 0 saturated heterocycles. The smallest absolute Gasteiger partial charge is 0.0643 e. The van der Waals surface area contributed by atoms with Crippen molar-refractivity contribution >= 4 is 11.3 Å². The van der Waals surface area contributed by atoms with Gasteiger partial charge in [0, 0.05) is 35.5 Å². The molecule has 0 amide bonds. The summed E-state index contributed by atoms with van der Waals surface area (Å²) in [6.07, 6.45) is 2.93. The summed E-state index contributed by atoms with van der Waals surface area (Å²) in [5, 5.41) is 7.81. The van der Waals surface area contributed by atoms with Crippen molar-refractivity contribution in [2.24, 2.45) is 7.05 Å². The lowest BCUT2D eigenvalue weighted by Crippen LogP contribution is -2.18. The first-order valence-corrected chi connectivity index (χ1v) is 6.64. The van der Waals surface area contributed by atoms with Crippen LogP contribution in [0.2, 0.25) is 0 Å². The largest absolute Gasteiger partial charge is 0.312 e. The fourth-order valence-corrected chi connectivity index (χ4v) is 3.05. The molecule has 1 atom stereocenters. The number of nitrogens with one attached hydrogen (secondary N) is 1. The molecular weight excluding hydrogens is 230 g/mol. The Morgan fingerprint density at radius 1 is 1.47 bits per heavy atom. The zero-order valence-corrected chi connectivity index (χ0v) is 11.6. The highest BCUT2D eigenvalue weighted by atomic mass is 32.1. The number of hydrogen-bond acceptors (Lipinski definition) is 3. The number of rotatable bonds is 4. The molecule has 0 aromatic carbocycles. The summed E-state index contributed by atoms with van der Waals surface area (Å²) in [6, 6.07) is 4.73. The van der Waals surface area contributed by atoms with Crippen molar-refractivity contribution in [1.82, 2.24) is 15.1 Å². The van der Waals surface area contributed by atoms with Crippen molar-refractivity contribution in [2.45, 2.75) is 26.3 Å². The molecule has 2 rings (SSSR count).